The first-order valence-electron chi connectivity index (χ1n) is 14.8. The zero-order valence-electron chi connectivity index (χ0n) is 25.3. The number of carbonyl (C=O) groups is 5. The number of hydrogen-bond acceptors (Lipinski definition) is 12. The van der Waals surface area contributed by atoms with Gasteiger partial charge >= 0.3 is 29.8 Å². The van der Waals surface area contributed by atoms with Crippen LogP contribution < -0.4 is 0 Å². The Balaban J connectivity index is 1.92. The van der Waals surface area contributed by atoms with Gasteiger partial charge in [0.1, 0.15) is 24.9 Å². The summed E-state index contributed by atoms with van der Waals surface area (Å²) in [5.74, 6) is -5.05. The minimum Gasteiger partial charge on any atom is -0.466 e. The second kappa shape index (κ2) is 11.4. The van der Waals surface area contributed by atoms with E-state index in [1.165, 1.54) is 27.7 Å². The molecule has 0 aromatic rings. The van der Waals surface area contributed by atoms with Crippen molar-refractivity contribution in [2.24, 2.45) is 28.6 Å². The zero-order chi connectivity index (χ0) is 31.3. The van der Waals surface area contributed by atoms with Crippen LogP contribution in [-0.2, 0) is 47.7 Å². The highest BCUT2D eigenvalue weighted by atomic mass is 16.6. The number of hydrogen-bond donors (Lipinski definition) is 2. The van der Waals surface area contributed by atoms with E-state index in [0.29, 0.717) is 6.42 Å². The van der Waals surface area contributed by atoms with Crippen LogP contribution >= 0.6 is 0 Å². The fraction of sp³-hybridized carbons (Fsp3) is 0.833. The van der Waals surface area contributed by atoms with E-state index in [0.717, 1.165) is 0 Å². The maximum absolute atomic E-state index is 13.1. The summed E-state index contributed by atoms with van der Waals surface area (Å²) in [6.07, 6.45) is -1.89. The summed E-state index contributed by atoms with van der Waals surface area (Å²) in [6.45, 7) is 8.24. The van der Waals surface area contributed by atoms with E-state index in [2.05, 4.69) is 0 Å². The van der Waals surface area contributed by atoms with E-state index in [1.54, 1.807) is 6.92 Å². The Morgan fingerprint density at radius 3 is 2.02 bits per heavy atom. The third-order valence-electron chi connectivity index (χ3n) is 10.6. The van der Waals surface area contributed by atoms with E-state index in [-0.39, 0.29) is 45.1 Å². The highest BCUT2D eigenvalue weighted by molar-refractivity contribution is 5.74. The van der Waals surface area contributed by atoms with E-state index in [4.69, 9.17) is 23.7 Å². The number of carbonyl (C=O) groups excluding carboxylic acids is 5. The molecule has 0 unspecified atom stereocenters. The number of rotatable bonds is 7. The van der Waals surface area contributed by atoms with Crippen molar-refractivity contribution in [1.29, 1.82) is 0 Å². The van der Waals surface area contributed by atoms with E-state index >= 15 is 0 Å². The second-order valence-corrected chi connectivity index (χ2v) is 12.8. The summed E-state index contributed by atoms with van der Waals surface area (Å²) in [5, 5.41) is 25.1. The smallest absolute Gasteiger partial charge is 0.309 e. The fourth-order valence-electron chi connectivity index (χ4n) is 9.23. The molecule has 4 aliphatic rings. The average molecular weight is 597 g/mol. The molecule has 4 rings (SSSR count). The maximum Gasteiger partial charge on any atom is 0.309 e. The van der Waals surface area contributed by atoms with E-state index in [9.17, 15) is 34.2 Å². The number of ether oxygens (including phenoxy) is 5. The van der Waals surface area contributed by atoms with Crippen molar-refractivity contribution in [3.8, 4) is 0 Å². The van der Waals surface area contributed by atoms with Crippen LogP contribution in [0.2, 0.25) is 0 Å². The van der Waals surface area contributed by atoms with Gasteiger partial charge in [-0.25, -0.2) is 0 Å². The molecule has 4 fully saturated rings. The van der Waals surface area contributed by atoms with Crippen LogP contribution in [0.1, 0.15) is 86.5 Å². The first-order valence-corrected chi connectivity index (χ1v) is 14.8. The van der Waals surface area contributed by atoms with Crippen molar-refractivity contribution >= 4 is 29.8 Å². The zero-order valence-corrected chi connectivity index (χ0v) is 25.3. The maximum atomic E-state index is 13.1. The van der Waals surface area contributed by atoms with Gasteiger partial charge in [-0.1, -0.05) is 6.92 Å². The van der Waals surface area contributed by atoms with Crippen LogP contribution in [-0.4, -0.2) is 82.8 Å². The normalized spacial score (nSPS) is 42.2. The van der Waals surface area contributed by atoms with Crippen molar-refractivity contribution in [2.75, 3.05) is 13.2 Å². The van der Waals surface area contributed by atoms with Crippen molar-refractivity contribution in [2.45, 2.75) is 116 Å². The molecule has 4 saturated carbocycles. The van der Waals surface area contributed by atoms with Gasteiger partial charge in [-0.3, -0.25) is 24.0 Å². The monoisotopic (exact) mass is 596 g/mol. The van der Waals surface area contributed by atoms with Gasteiger partial charge in [0.2, 0.25) is 0 Å². The molecule has 10 atom stereocenters. The molecule has 0 saturated heterocycles. The van der Waals surface area contributed by atoms with Crippen LogP contribution in [0.5, 0.6) is 0 Å². The van der Waals surface area contributed by atoms with E-state index in [1.807, 2.05) is 6.92 Å². The first kappa shape index (κ1) is 32.2. The van der Waals surface area contributed by atoms with Crippen LogP contribution in [0.3, 0.4) is 0 Å². The summed E-state index contributed by atoms with van der Waals surface area (Å²) in [7, 11) is 0. The molecule has 0 amide bonds. The molecule has 42 heavy (non-hydrogen) atoms. The van der Waals surface area contributed by atoms with Crippen LogP contribution in [0.15, 0.2) is 0 Å². The molecule has 0 aromatic heterocycles. The summed E-state index contributed by atoms with van der Waals surface area (Å²) in [4.78, 5) is 62.3. The first-order chi connectivity index (χ1) is 19.5. The molecule has 0 aromatic carbocycles. The highest BCUT2D eigenvalue weighted by Gasteiger charge is 2.77. The Bertz CT molecular complexity index is 1120. The molecule has 0 bridgehead atoms. The molecule has 0 radical (unpaired) electrons. The summed E-state index contributed by atoms with van der Waals surface area (Å²) >= 11 is 0. The van der Waals surface area contributed by atoms with Crippen LogP contribution in [0.25, 0.3) is 0 Å². The Morgan fingerprint density at radius 1 is 0.810 bits per heavy atom. The molecular formula is C30H44O12. The minimum atomic E-state index is -1.70. The van der Waals surface area contributed by atoms with Crippen molar-refractivity contribution < 1.29 is 57.9 Å². The van der Waals surface area contributed by atoms with Gasteiger partial charge in [0.05, 0.1) is 29.1 Å². The van der Waals surface area contributed by atoms with Crippen molar-refractivity contribution in [3.05, 3.63) is 0 Å². The van der Waals surface area contributed by atoms with Gasteiger partial charge in [-0.15, -0.1) is 0 Å². The standard InChI is InChI=1S/C30H44O12/c1-7-38-26(35)22-9-11-30(37)21-8-10-28(36)13-20(40-17(3)32)12-24(42-19(5)34)29(28,15-39-16(2)31)25(21)23(41-18(4)33)14-27(22,30)6/h20-25,36-37H,7-15H2,1-6H3/t20-,21-,22+,23-,24+,25+,27-,28+,29-,30+/m1/s1. The Labute approximate surface area is 245 Å². The lowest BCUT2D eigenvalue weighted by Gasteiger charge is -2.68. The van der Waals surface area contributed by atoms with E-state index < -0.39 is 94.6 Å². The SMILES string of the molecule is CCOC(=O)[C@@H]1CC[C@]2(O)[C@@H]3CC[C@]4(O)C[C@H](OC(C)=O)C[C@H](OC(C)=O)[C@]4(COC(C)=O)[C@@H]3[C@H](OC(C)=O)C[C@]12C. The summed E-state index contributed by atoms with van der Waals surface area (Å²) < 4.78 is 28.3. The molecule has 0 spiro atoms. The third-order valence-corrected chi connectivity index (χ3v) is 10.6. The lowest BCUT2D eigenvalue weighted by atomic mass is 9.40. The topological polar surface area (TPSA) is 172 Å². The molecule has 12 heteroatoms. The van der Waals surface area contributed by atoms with Crippen LogP contribution in [0, 0.1) is 28.6 Å². The third kappa shape index (κ3) is 5.08. The Morgan fingerprint density at radius 2 is 1.45 bits per heavy atom. The lowest BCUT2D eigenvalue weighted by molar-refractivity contribution is -0.320. The molecule has 0 aliphatic heterocycles. The minimum absolute atomic E-state index is 0.000106. The van der Waals surface area contributed by atoms with Crippen molar-refractivity contribution in [1.82, 2.24) is 0 Å². The van der Waals surface area contributed by atoms with Gasteiger partial charge < -0.3 is 33.9 Å². The summed E-state index contributed by atoms with van der Waals surface area (Å²) in [5.41, 5.74) is -5.72. The van der Waals surface area contributed by atoms with Gasteiger partial charge in [0.25, 0.3) is 0 Å². The van der Waals surface area contributed by atoms with Gasteiger partial charge in [0, 0.05) is 51.9 Å². The molecule has 2 N–H and O–H groups in total. The predicted molar refractivity (Wildman–Crippen MR) is 143 cm³/mol. The molecule has 12 nitrogen and oxygen atoms in total. The van der Waals surface area contributed by atoms with Gasteiger partial charge in [-0.2, -0.15) is 0 Å². The van der Waals surface area contributed by atoms with Gasteiger partial charge in [-0.05, 0) is 44.9 Å². The lowest BCUT2D eigenvalue weighted by Crippen LogP contribution is -2.76. The Kier molecular flexibility index (Phi) is 8.74. The molecule has 0 heterocycles. The molecule has 4 aliphatic carbocycles. The molecule has 236 valence electrons. The highest BCUT2D eigenvalue weighted by Crippen LogP contribution is 2.71. The largest absolute Gasteiger partial charge is 0.466 e. The van der Waals surface area contributed by atoms with Crippen LogP contribution in [0.4, 0.5) is 0 Å². The average Bonchev–Trinajstić information content (AvgIpc) is 3.12. The fourth-order valence-corrected chi connectivity index (χ4v) is 9.23. The summed E-state index contributed by atoms with van der Waals surface area (Å²) in [6, 6.07) is 0. The number of fused-ring (bicyclic) bond motifs is 5. The quantitative estimate of drug-likeness (QED) is 0.324. The second-order valence-electron chi connectivity index (χ2n) is 12.8. The Hall–Kier alpha value is -2.73. The molecular weight excluding hydrogens is 552 g/mol. The van der Waals surface area contributed by atoms with Crippen molar-refractivity contribution in [3.63, 3.8) is 0 Å². The predicted octanol–water partition coefficient (Wildman–Crippen LogP) is 2.00. The number of esters is 5. The number of aliphatic hydroxyl groups is 2. The van der Waals surface area contributed by atoms with Gasteiger partial charge in [0.15, 0.2) is 0 Å².